The van der Waals surface area contributed by atoms with Crippen LogP contribution in [0.2, 0.25) is 0 Å². The highest BCUT2D eigenvalue weighted by Gasteiger charge is 2.25. The molecule has 7 nitrogen and oxygen atoms in total. The van der Waals surface area contributed by atoms with Crippen LogP contribution in [0.3, 0.4) is 0 Å². The fourth-order valence-corrected chi connectivity index (χ4v) is 2.65. The lowest BCUT2D eigenvalue weighted by Crippen LogP contribution is -2.36. The van der Waals surface area contributed by atoms with E-state index >= 15 is 0 Å². The molecule has 1 atom stereocenters. The summed E-state index contributed by atoms with van der Waals surface area (Å²) in [6, 6.07) is -0.172. The summed E-state index contributed by atoms with van der Waals surface area (Å²) in [4.78, 5) is 29.6. The summed E-state index contributed by atoms with van der Waals surface area (Å²) in [7, 11) is 1.89. The predicted molar refractivity (Wildman–Crippen MR) is 74.4 cm³/mol. The number of hydrogen-bond acceptors (Lipinski definition) is 6. The number of carbonyl (C=O) groups is 2. The second kappa shape index (κ2) is 5.43. The molecule has 0 bridgehead atoms. The zero-order chi connectivity index (χ0) is 14.0. The Kier molecular flexibility index (Phi) is 3.89. The maximum atomic E-state index is 12.1. The number of rotatable bonds is 4. The van der Waals surface area contributed by atoms with Crippen molar-refractivity contribution in [2.75, 3.05) is 30.8 Å². The Balaban J connectivity index is 2.06. The number of nitrogens with two attached hydrogens (primary N) is 1. The summed E-state index contributed by atoms with van der Waals surface area (Å²) >= 11 is 1.26. The zero-order valence-corrected chi connectivity index (χ0v) is 11.7. The standard InChI is InChI=1S/C11H17N5O2S/c1-3-16(2)11-15-9(12)8(19-11)10(18)14-6-4-7(17)13-5-6/h6H,3-5,12H2,1-2H3,(H,13,17)(H,14,18). The van der Waals surface area contributed by atoms with E-state index in [1.807, 2.05) is 18.9 Å². The Morgan fingerprint density at radius 3 is 3.00 bits per heavy atom. The summed E-state index contributed by atoms with van der Waals surface area (Å²) < 4.78 is 0. The largest absolute Gasteiger partial charge is 0.382 e. The fraction of sp³-hybridized carbons (Fsp3) is 0.545. The number of amides is 2. The lowest BCUT2D eigenvalue weighted by atomic mass is 10.2. The number of aromatic nitrogens is 1. The van der Waals surface area contributed by atoms with E-state index in [1.54, 1.807) is 0 Å². The van der Waals surface area contributed by atoms with Crippen LogP contribution in [-0.4, -0.2) is 43.0 Å². The van der Waals surface area contributed by atoms with Gasteiger partial charge in [0, 0.05) is 26.6 Å². The lowest BCUT2D eigenvalue weighted by Gasteiger charge is -2.11. The van der Waals surface area contributed by atoms with Crippen LogP contribution in [0.15, 0.2) is 0 Å². The summed E-state index contributed by atoms with van der Waals surface area (Å²) in [6.45, 7) is 3.24. The smallest absolute Gasteiger partial charge is 0.265 e. The first-order valence-electron chi connectivity index (χ1n) is 6.06. The highest BCUT2D eigenvalue weighted by atomic mass is 32.1. The van der Waals surface area contributed by atoms with Gasteiger partial charge in [-0.15, -0.1) is 0 Å². The molecule has 2 amide bonds. The maximum absolute atomic E-state index is 12.1. The third kappa shape index (κ3) is 2.95. The van der Waals surface area contributed by atoms with Crippen molar-refractivity contribution >= 4 is 34.1 Å². The average Bonchev–Trinajstić information content (AvgIpc) is 2.94. The van der Waals surface area contributed by atoms with Crippen molar-refractivity contribution in [2.24, 2.45) is 0 Å². The van der Waals surface area contributed by atoms with Gasteiger partial charge in [0.1, 0.15) is 10.7 Å². The lowest BCUT2D eigenvalue weighted by molar-refractivity contribution is -0.119. The first-order valence-corrected chi connectivity index (χ1v) is 6.88. The third-order valence-corrected chi connectivity index (χ3v) is 4.15. The average molecular weight is 283 g/mol. The minimum atomic E-state index is -0.271. The van der Waals surface area contributed by atoms with Gasteiger partial charge in [0.25, 0.3) is 5.91 Å². The van der Waals surface area contributed by atoms with Crippen LogP contribution in [0.25, 0.3) is 0 Å². The molecule has 2 heterocycles. The molecular formula is C11H17N5O2S. The monoisotopic (exact) mass is 283 g/mol. The normalized spacial score (nSPS) is 18.2. The molecular weight excluding hydrogens is 266 g/mol. The first-order chi connectivity index (χ1) is 9.01. The van der Waals surface area contributed by atoms with Crippen molar-refractivity contribution in [3.63, 3.8) is 0 Å². The number of hydrogen-bond donors (Lipinski definition) is 3. The Labute approximate surface area is 115 Å². The molecule has 0 radical (unpaired) electrons. The zero-order valence-electron chi connectivity index (χ0n) is 10.9. The highest BCUT2D eigenvalue weighted by Crippen LogP contribution is 2.27. The van der Waals surface area contributed by atoms with Crippen LogP contribution in [0, 0.1) is 0 Å². The first kappa shape index (κ1) is 13.6. The van der Waals surface area contributed by atoms with E-state index in [4.69, 9.17) is 5.73 Å². The highest BCUT2D eigenvalue weighted by molar-refractivity contribution is 7.18. The molecule has 8 heteroatoms. The van der Waals surface area contributed by atoms with Gasteiger partial charge in [-0.3, -0.25) is 9.59 Å². The van der Waals surface area contributed by atoms with Crippen LogP contribution in [0.5, 0.6) is 0 Å². The van der Waals surface area contributed by atoms with Gasteiger partial charge in [0.15, 0.2) is 5.13 Å². The number of nitrogen functional groups attached to an aromatic ring is 1. The van der Waals surface area contributed by atoms with Crippen molar-refractivity contribution in [1.29, 1.82) is 0 Å². The third-order valence-electron chi connectivity index (χ3n) is 2.96. The summed E-state index contributed by atoms with van der Waals surface area (Å²) in [6.07, 6.45) is 0.312. The van der Waals surface area contributed by atoms with Gasteiger partial charge >= 0.3 is 0 Å². The molecule has 2 rings (SSSR count). The van der Waals surface area contributed by atoms with E-state index in [2.05, 4.69) is 15.6 Å². The van der Waals surface area contributed by atoms with Gasteiger partial charge in [-0.25, -0.2) is 4.98 Å². The molecule has 1 aliphatic heterocycles. The van der Waals surface area contributed by atoms with E-state index in [0.717, 1.165) is 6.54 Å². The molecule has 104 valence electrons. The predicted octanol–water partition coefficient (Wildman–Crippen LogP) is -0.200. The molecule has 0 saturated carbocycles. The number of thiazole rings is 1. The molecule has 0 aliphatic carbocycles. The van der Waals surface area contributed by atoms with Crippen LogP contribution in [0.4, 0.5) is 10.9 Å². The number of nitrogens with zero attached hydrogens (tertiary/aromatic N) is 2. The Morgan fingerprint density at radius 1 is 1.68 bits per heavy atom. The van der Waals surface area contributed by atoms with Gasteiger partial charge in [0.2, 0.25) is 5.91 Å². The van der Waals surface area contributed by atoms with E-state index in [9.17, 15) is 9.59 Å². The summed E-state index contributed by atoms with van der Waals surface area (Å²) in [5, 5.41) is 6.17. The quantitative estimate of drug-likeness (QED) is 0.710. The maximum Gasteiger partial charge on any atom is 0.265 e. The summed E-state index contributed by atoms with van der Waals surface area (Å²) in [5.41, 5.74) is 5.77. The molecule has 1 aromatic heterocycles. The van der Waals surface area contributed by atoms with Crippen molar-refractivity contribution in [2.45, 2.75) is 19.4 Å². The molecule has 1 aromatic rings. The topological polar surface area (TPSA) is 100 Å². The van der Waals surface area contributed by atoms with E-state index in [0.29, 0.717) is 23.0 Å². The second-order valence-corrected chi connectivity index (χ2v) is 5.38. The van der Waals surface area contributed by atoms with Gasteiger partial charge in [-0.2, -0.15) is 0 Å². The Bertz CT molecular complexity index is 501. The Morgan fingerprint density at radius 2 is 2.42 bits per heavy atom. The molecule has 0 aromatic carbocycles. The minimum absolute atomic E-state index is 0.0472. The Hall–Kier alpha value is -1.83. The van der Waals surface area contributed by atoms with Crippen molar-refractivity contribution in [1.82, 2.24) is 15.6 Å². The van der Waals surface area contributed by atoms with Crippen LogP contribution >= 0.6 is 11.3 Å². The van der Waals surface area contributed by atoms with Crippen LogP contribution < -0.4 is 21.3 Å². The van der Waals surface area contributed by atoms with Crippen LogP contribution in [-0.2, 0) is 4.79 Å². The summed E-state index contributed by atoms with van der Waals surface area (Å²) in [5.74, 6) is -0.0867. The molecule has 19 heavy (non-hydrogen) atoms. The van der Waals surface area contributed by atoms with Crippen molar-refractivity contribution in [3.05, 3.63) is 4.88 Å². The number of nitrogens with one attached hydrogen (secondary N) is 2. The molecule has 1 unspecified atom stereocenters. The van der Waals surface area contributed by atoms with E-state index < -0.39 is 0 Å². The second-order valence-electron chi connectivity index (χ2n) is 4.40. The van der Waals surface area contributed by atoms with Crippen molar-refractivity contribution < 1.29 is 9.59 Å². The SMILES string of the molecule is CCN(C)c1nc(N)c(C(=O)NC2CNC(=O)C2)s1. The molecule has 1 fully saturated rings. The molecule has 1 aliphatic rings. The molecule has 1 saturated heterocycles. The molecule has 0 spiro atoms. The van der Waals surface area contributed by atoms with Gasteiger partial charge < -0.3 is 21.3 Å². The van der Waals surface area contributed by atoms with Gasteiger partial charge in [-0.1, -0.05) is 11.3 Å². The van der Waals surface area contributed by atoms with Crippen molar-refractivity contribution in [3.8, 4) is 0 Å². The number of anilines is 2. The van der Waals surface area contributed by atoms with Gasteiger partial charge in [-0.05, 0) is 6.92 Å². The van der Waals surface area contributed by atoms with Crippen LogP contribution in [0.1, 0.15) is 23.0 Å². The van der Waals surface area contributed by atoms with E-state index in [1.165, 1.54) is 11.3 Å². The number of carbonyl (C=O) groups excluding carboxylic acids is 2. The minimum Gasteiger partial charge on any atom is -0.382 e. The van der Waals surface area contributed by atoms with E-state index in [-0.39, 0.29) is 23.7 Å². The fourth-order valence-electron chi connectivity index (χ4n) is 1.74. The molecule has 4 N–H and O–H groups in total. The van der Waals surface area contributed by atoms with Gasteiger partial charge in [0.05, 0.1) is 6.04 Å².